The molecule has 128 valence electrons. The maximum atomic E-state index is 13.1. The highest BCUT2D eigenvalue weighted by atomic mass is 16.5. The van der Waals surface area contributed by atoms with Crippen molar-refractivity contribution < 1.29 is 24.2 Å². The molecule has 1 aliphatic carbocycles. The van der Waals surface area contributed by atoms with Crippen LogP contribution in [-0.2, 0) is 11.2 Å². The first-order valence-corrected chi connectivity index (χ1v) is 8.15. The van der Waals surface area contributed by atoms with Crippen molar-refractivity contribution in [3.8, 4) is 11.5 Å². The van der Waals surface area contributed by atoms with Crippen LogP contribution >= 0.6 is 0 Å². The largest absolute Gasteiger partial charge is 0.493 e. The van der Waals surface area contributed by atoms with Gasteiger partial charge in [-0.25, -0.2) is 0 Å². The van der Waals surface area contributed by atoms with Crippen LogP contribution < -0.4 is 9.47 Å². The number of ketones is 1. The molecule has 5 heteroatoms. The van der Waals surface area contributed by atoms with E-state index in [1.165, 1.54) is 0 Å². The summed E-state index contributed by atoms with van der Waals surface area (Å²) in [4.78, 5) is 24.6. The number of allylic oxidation sites excluding steroid dienone is 2. The van der Waals surface area contributed by atoms with Gasteiger partial charge in [-0.3, -0.25) is 9.59 Å². The molecule has 1 aliphatic heterocycles. The minimum atomic E-state index is -0.917. The Labute approximate surface area is 141 Å². The van der Waals surface area contributed by atoms with Crippen molar-refractivity contribution in [3.05, 3.63) is 35.4 Å². The van der Waals surface area contributed by atoms with Gasteiger partial charge in [0.15, 0.2) is 17.3 Å². The highest BCUT2D eigenvalue weighted by Crippen LogP contribution is 2.45. The summed E-state index contributed by atoms with van der Waals surface area (Å²) >= 11 is 0. The predicted octanol–water partition coefficient (Wildman–Crippen LogP) is 3.26. The summed E-state index contributed by atoms with van der Waals surface area (Å²) in [7, 11) is 1.57. The van der Waals surface area contributed by atoms with Crippen molar-refractivity contribution in [2.24, 2.45) is 11.8 Å². The summed E-state index contributed by atoms with van der Waals surface area (Å²) in [6, 6.07) is 3.46. The minimum Gasteiger partial charge on any atom is -0.493 e. The highest BCUT2D eigenvalue weighted by molar-refractivity contribution is 6.02. The summed E-state index contributed by atoms with van der Waals surface area (Å²) in [5.74, 6) is -1.03. The van der Waals surface area contributed by atoms with E-state index in [1.54, 1.807) is 19.2 Å². The van der Waals surface area contributed by atoms with E-state index in [2.05, 4.69) is 0 Å². The van der Waals surface area contributed by atoms with Gasteiger partial charge in [-0.1, -0.05) is 12.2 Å². The van der Waals surface area contributed by atoms with E-state index >= 15 is 0 Å². The van der Waals surface area contributed by atoms with Gasteiger partial charge in [-0.2, -0.15) is 0 Å². The molecule has 1 aromatic rings. The Morgan fingerprint density at radius 3 is 2.50 bits per heavy atom. The fourth-order valence-electron chi connectivity index (χ4n) is 3.60. The second kappa shape index (κ2) is 5.96. The lowest BCUT2D eigenvalue weighted by atomic mass is 9.77. The fourth-order valence-corrected chi connectivity index (χ4v) is 3.60. The smallest absolute Gasteiger partial charge is 0.307 e. The summed E-state index contributed by atoms with van der Waals surface area (Å²) in [5.41, 5.74) is 0.968. The third kappa shape index (κ3) is 2.79. The van der Waals surface area contributed by atoms with Crippen LogP contribution in [0.4, 0.5) is 0 Å². The van der Waals surface area contributed by atoms with Crippen molar-refractivity contribution in [1.82, 2.24) is 0 Å². The zero-order valence-electron chi connectivity index (χ0n) is 14.2. The number of ether oxygens (including phenoxy) is 2. The van der Waals surface area contributed by atoms with Crippen LogP contribution in [0.15, 0.2) is 24.3 Å². The SMILES string of the molecule is COc1ccc(C(=O)[C@H]2CC=CC[C@H]2C(=O)O)c2c1OC(C)(C)C2. The zero-order valence-corrected chi connectivity index (χ0v) is 14.2. The number of hydrogen-bond donors (Lipinski definition) is 1. The third-order valence-corrected chi connectivity index (χ3v) is 4.78. The summed E-state index contributed by atoms with van der Waals surface area (Å²) in [6.45, 7) is 3.92. The zero-order chi connectivity index (χ0) is 17.5. The van der Waals surface area contributed by atoms with Gasteiger partial charge in [0.25, 0.3) is 0 Å². The van der Waals surface area contributed by atoms with Gasteiger partial charge in [0, 0.05) is 23.5 Å². The molecule has 2 atom stereocenters. The molecular formula is C19H22O5. The molecule has 0 saturated carbocycles. The van der Waals surface area contributed by atoms with Gasteiger partial charge < -0.3 is 14.6 Å². The Morgan fingerprint density at radius 2 is 1.88 bits per heavy atom. The van der Waals surface area contributed by atoms with Crippen LogP contribution in [0.5, 0.6) is 11.5 Å². The molecule has 0 fully saturated rings. The molecule has 24 heavy (non-hydrogen) atoms. The molecule has 0 bridgehead atoms. The van der Waals surface area contributed by atoms with Crippen molar-refractivity contribution in [1.29, 1.82) is 0 Å². The number of carboxylic acids is 1. The lowest BCUT2D eigenvalue weighted by Gasteiger charge is -2.24. The Morgan fingerprint density at radius 1 is 1.21 bits per heavy atom. The lowest BCUT2D eigenvalue weighted by molar-refractivity contribution is -0.143. The molecule has 1 heterocycles. The van der Waals surface area contributed by atoms with E-state index in [4.69, 9.17) is 9.47 Å². The number of hydrogen-bond acceptors (Lipinski definition) is 4. The topological polar surface area (TPSA) is 72.8 Å². The first kappa shape index (κ1) is 16.6. The number of Topliss-reactive ketones (excluding diaryl/α,β-unsaturated/α-hetero) is 1. The van der Waals surface area contributed by atoms with E-state index in [0.29, 0.717) is 36.3 Å². The van der Waals surface area contributed by atoms with Gasteiger partial charge in [-0.05, 0) is 38.8 Å². The average molecular weight is 330 g/mol. The quantitative estimate of drug-likeness (QED) is 0.677. The predicted molar refractivity (Wildman–Crippen MR) is 88.7 cm³/mol. The maximum Gasteiger partial charge on any atom is 0.307 e. The van der Waals surface area contributed by atoms with Crippen LogP contribution in [0.2, 0.25) is 0 Å². The summed E-state index contributed by atoms with van der Waals surface area (Å²) in [6.07, 6.45) is 5.19. The normalized spacial score (nSPS) is 24.1. The Balaban J connectivity index is 2.01. The molecule has 5 nitrogen and oxygen atoms in total. The van der Waals surface area contributed by atoms with Crippen LogP contribution in [-0.4, -0.2) is 29.6 Å². The van der Waals surface area contributed by atoms with Crippen molar-refractivity contribution >= 4 is 11.8 Å². The first-order chi connectivity index (χ1) is 11.3. The van der Waals surface area contributed by atoms with Gasteiger partial charge in [-0.15, -0.1) is 0 Å². The molecule has 0 amide bonds. The number of benzene rings is 1. The third-order valence-electron chi connectivity index (χ3n) is 4.78. The number of carboxylic acid groups (broad SMARTS) is 1. The van der Waals surface area contributed by atoms with E-state index in [1.807, 2.05) is 26.0 Å². The molecular weight excluding hydrogens is 308 g/mol. The number of fused-ring (bicyclic) bond motifs is 1. The van der Waals surface area contributed by atoms with E-state index in [9.17, 15) is 14.7 Å². The molecule has 2 aliphatic rings. The molecule has 1 N–H and O–H groups in total. The van der Waals surface area contributed by atoms with Crippen molar-refractivity contribution in [3.63, 3.8) is 0 Å². The van der Waals surface area contributed by atoms with Gasteiger partial charge >= 0.3 is 5.97 Å². The number of aliphatic carboxylic acids is 1. The molecule has 1 aromatic carbocycles. The van der Waals surface area contributed by atoms with Crippen molar-refractivity contribution in [2.75, 3.05) is 7.11 Å². The number of methoxy groups -OCH3 is 1. The van der Waals surface area contributed by atoms with Crippen molar-refractivity contribution in [2.45, 2.75) is 38.7 Å². The molecule has 0 radical (unpaired) electrons. The van der Waals surface area contributed by atoms with Gasteiger partial charge in [0.2, 0.25) is 0 Å². The highest BCUT2D eigenvalue weighted by Gasteiger charge is 2.39. The number of rotatable bonds is 4. The Hall–Kier alpha value is -2.30. The van der Waals surface area contributed by atoms with Gasteiger partial charge in [0.05, 0.1) is 13.0 Å². The number of carbonyl (C=O) groups excluding carboxylic acids is 1. The molecule has 3 rings (SSSR count). The Bertz CT molecular complexity index is 717. The fraction of sp³-hybridized carbons (Fsp3) is 0.474. The van der Waals surface area contributed by atoms with Gasteiger partial charge in [0.1, 0.15) is 5.60 Å². The van der Waals surface area contributed by atoms with Crippen LogP contribution in [0.1, 0.15) is 42.6 Å². The second-order valence-electron chi connectivity index (χ2n) is 7.02. The minimum absolute atomic E-state index is 0.119. The second-order valence-corrected chi connectivity index (χ2v) is 7.02. The lowest BCUT2D eigenvalue weighted by Crippen LogP contribution is -2.31. The van der Waals surface area contributed by atoms with E-state index in [0.717, 1.165) is 5.56 Å². The van der Waals surface area contributed by atoms with E-state index in [-0.39, 0.29) is 5.78 Å². The van der Waals surface area contributed by atoms with Crippen LogP contribution in [0.3, 0.4) is 0 Å². The maximum absolute atomic E-state index is 13.1. The monoisotopic (exact) mass is 330 g/mol. The number of carbonyl (C=O) groups is 2. The molecule has 0 unspecified atom stereocenters. The molecule has 0 aromatic heterocycles. The summed E-state index contributed by atoms with van der Waals surface area (Å²) in [5, 5.41) is 9.43. The van der Waals surface area contributed by atoms with Crippen LogP contribution in [0.25, 0.3) is 0 Å². The molecule has 0 spiro atoms. The Kier molecular flexibility index (Phi) is 4.11. The average Bonchev–Trinajstić information content (AvgIpc) is 2.88. The standard InChI is InChI=1S/C19H22O5/c1-19(2)10-14-12(8-9-15(23-3)17(14)24-19)16(20)11-6-4-5-7-13(11)18(21)22/h4-5,8-9,11,13H,6-7,10H2,1-3H3,(H,21,22)/t11-,13+/m0/s1. The van der Waals surface area contributed by atoms with Crippen LogP contribution in [0, 0.1) is 11.8 Å². The first-order valence-electron chi connectivity index (χ1n) is 8.15. The summed E-state index contributed by atoms with van der Waals surface area (Å²) < 4.78 is 11.3. The molecule has 0 saturated heterocycles. The van der Waals surface area contributed by atoms with E-state index < -0.39 is 23.4 Å².